The smallest absolute Gasteiger partial charge is 0.263 e. The molecule has 1 aromatic heterocycles. The topological polar surface area (TPSA) is 122 Å². The summed E-state index contributed by atoms with van der Waals surface area (Å²) in [5.41, 5.74) is 2.65. The Kier molecular flexibility index (Phi) is 8.98. The molecule has 3 rings (SSSR count). The van der Waals surface area contributed by atoms with Crippen LogP contribution in [0.1, 0.15) is 44.6 Å². The number of likely N-dealkylation sites (N-methyl/N-ethyl adjacent to an activating group) is 1. The number of aromatic nitrogens is 1. The van der Waals surface area contributed by atoms with Gasteiger partial charge in [-0.3, -0.25) is 14.3 Å². The third-order valence-corrected chi connectivity index (χ3v) is 7.84. The Bertz CT molecular complexity index is 1390. The van der Waals surface area contributed by atoms with Crippen molar-refractivity contribution in [2.75, 3.05) is 11.8 Å². The Morgan fingerprint density at radius 2 is 1.63 bits per heavy atom. The highest BCUT2D eigenvalue weighted by Gasteiger charge is 2.33. The average molecular weight is 541 g/mol. The quantitative estimate of drug-likeness (QED) is 0.390. The summed E-state index contributed by atoms with van der Waals surface area (Å²) in [6.45, 7) is 11.1. The lowest BCUT2D eigenvalue weighted by atomic mass is 9.98. The minimum atomic E-state index is -3.95. The maximum atomic E-state index is 13.3. The molecule has 0 unspecified atom stereocenters. The fraction of sp³-hybridized carbons (Fsp3) is 0.393. The summed E-state index contributed by atoms with van der Waals surface area (Å²) in [7, 11) is -2.39. The maximum absolute atomic E-state index is 13.3. The lowest BCUT2D eigenvalue weighted by molar-refractivity contribution is -0.145. The zero-order chi connectivity index (χ0) is 28.2. The summed E-state index contributed by atoms with van der Waals surface area (Å²) in [6.07, 6.45) is 0. The number of nitrogens with one attached hydrogen (secondary N) is 2. The number of hydrogen-bond acceptors (Lipinski definition) is 6. The van der Waals surface area contributed by atoms with Gasteiger partial charge in [-0.1, -0.05) is 75.3 Å². The van der Waals surface area contributed by atoms with Gasteiger partial charge in [-0.2, -0.15) is 0 Å². The summed E-state index contributed by atoms with van der Waals surface area (Å²) >= 11 is 0. The van der Waals surface area contributed by atoms with E-state index in [1.165, 1.54) is 6.07 Å². The number of rotatable bonds is 10. The predicted octanol–water partition coefficient (Wildman–Crippen LogP) is 4.51. The fourth-order valence-corrected chi connectivity index (χ4v) is 5.51. The molecule has 0 saturated carbocycles. The molecule has 9 nitrogen and oxygen atoms in total. The summed E-state index contributed by atoms with van der Waals surface area (Å²) < 4.78 is 34.1. The van der Waals surface area contributed by atoms with Crippen LogP contribution in [0.25, 0.3) is 11.1 Å². The van der Waals surface area contributed by atoms with Gasteiger partial charge in [0.25, 0.3) is 10.0 Å². The largest absolute Gasteiger partial charge is 0.359 e. The van der Waals surface area contributed by atoms with Gasteiger partial charge in [0, 0.05) is 30.6 Å². The van der Waals surface area contributed by atoms with Crippen LogP contribution in [0.15, 0.2) is 57.9 Å². The molecular weight excluding hydrogens is 504 g/mol. The number of amides is 2. The molecule has 2 amide bonds. The van der Waals surface area contributed by atoms with Crippen molar-refractivity contribution in [3.8, 4) is 11.1 Å². The molecule has 204 valence electrons. The third kappa shape index (κ3) is 6.24. The summed E-state index contributed by atoms with van der Waals surface area (Å²) in [5.74, 6) is -0.00120. The van der Waals surface area contributed by atoms with E-state index >= 15 is 0 Å². The van der Waals surface area contributed by atoms with E-state index in [1.807, 2.05) is 52.0 Å². The van der Waals surface area contributed by atoms with E-state index in [0.717, 1.165) is 5.56 Å². The van der Waals surface area contributed by atoms with E-state index in [1.54, 1.807) is 44.0 Å². The summed E-state index contributed by atoms with van der Waals surface area (Å²) in [5, 5.41) is 6.49. The zero-order valence-corrected chi connectivity index (χ0v) is 23.7. The van der Waals surface area contributed by atoms with Crippen LogP contribution in [-0.2, 0) is 26.2 Å². The molecule has 2 aromatic carbocycles. The van der Waals surface area contributed by atoms with Crippen LogP contribution in [-0.4, -0.2) is 43.4 Å². The predicted molar refractivity (Wildman–Crippen MR) is 147 cm³/mol. The fourth-order valence-electron chi connectivity index (χ4n) is 4.22. The highest BCUT2D eigenvalue weighted by atomic mass is 32.2. The molecule has 1 heterocycles. The monoisotopic (exact) mass is 540 g/mol. The molecule has 0 fully saturated rings. The number of anilines is 1. The lowest BCUT2D eigenvalue weighted by Crippen LogP contribution is -2.52. The number of carbonyl (C=O) groups is 2. The van der Waals surface area contributed by atoms with Gasteiger partial charge in [-0.15, -0.1) is 0 Å². The molecule has 0 aliphatic carbocycles. The molecule has 10 heteroatoms. The van der Waals surface area contributed by atoms with Gasteiger partial charge in [-0.25, -0.2) is 8.42 Å². The lowest BCUT2D eigenvalue weighted by Gasteiger charge is -2.34. The van der Waals surface area contributed by atoms with Crippen LogP contribution in [0.3, 0.4) is 0 Å². The first-order valence-electron chi connectivity index (χ1n) is 12.5. The van der Waals surface area contributed by atoms with Crippen molar-refractivity contribution in [3.05, 3.63) is 65.4 Å². The van der Waals surface area contributed by atoms with E-state index in [-0.39, 0.29) is 40.9 Å². The average Bonchev–Trinajstić information content (AvgIpc) is 3.19. The van der Waals surface area contributed by atoms with Crippen molar-refractivity contribution >= 4 is 27.7 Å². The van der Waals surface area contributed by atoms with Gasteiger partial charge < -0.3 is 14.7 Å². The second-order valence-electron chi connectivity index (χ2n) is 9.93. The molecule has 0 radical (unpaired) electrons. The van der Waals surface area contributed by atoms with Gasteiger partial charge in [-0.05, 0) is 37.0 Å². The molecule has 0 spiro atoms. The van der Waals surface area contributed by atoms with Gasteiger partial charge in [0.1, 0.15) is 11.8 Å². The Morgan fingerprint density at radius 3 is 2.16 bits per heavy atom. The van der Waals surface area contributed by atoms with E-state index < -0.39 is 16.1 Å². The number of nitrogens with zero attached hydrogens (tertiary/aromatic N) is 2. The minimum Gasteiger partial charge on any atom is -0.359 e. The SMILES string of the molecule is CNC(=O)[C@H](C(C)C)N(Cc1ccc(-c2ccccc2S(=O)(=O)Nc2noc(C)c2C)cc1)C(=O)C(C)C. The van der Waals surface area contributed by atoms with Gasteiger partial charge in [0.05, 0.1) is 4.90 Å². The molecule has 0 saturated heterocycles. The van der Waals surface area contributed by atoms with Crippen LogP contribution in [0.5, 0.6) is 0 Å². The number of sulfonamides is 1. The number of aryl methyl sites for hydroxylation is 1. The number of hydrogen-bond donors (Lipinski definition) is 2. The van der Waals surface area contributed by atoms with Crippen LogP contribution >= 0.6 is 0 Å². The molecule has 0 aliphatic heterocycles. The highest BCUT2D eigenvalue weighted by Crippen LogP contribution is 2.30. The Morgan fingerprint density at radius 1 is 1.00 bits per heavy atom. The summed E-state index contributed by atoms with van der Waals surface area (Å²) in [4.78, 5) is 27.5. The van der Waals surface area contributed by atoms with Crippen LogP contribution in [0.4, 0.5) is 5.82 Å². The van der Waals surface area contributed by atoms with Crippen molar-refractivity contribution in [1.29, 1.82) is 0 Å². The van der Waals surface area contributed by atoms with Gasteiger partial charge in [0.2, 0.25) is 11.8 Å². The van der Waals surface area contributed by atoms with Gasteiger partial charge >= 0.3 is 0 Å². The van der Waals surface area contributed by atoms with Crippen molar-refractivity contribution in [2.24, 2.45) is 11.8 Å². The normalized spacial score (nSPS) is 12.4. The van der Waals surface area contributed by atoms with Crippen molar-refractivity contribution in [1.82, 2.24) is 15.4 Å². The molecule has 2 N–H and O–H groups in total. The molecule has 0 aliphatic rings. The van der Waals surface area contributed by atoms with E-state index in [4.69, 9.17) is 4.52 Å². The minimum absolute atomic E-state index is 0.0846. The maximum Gasteiger partial charge on any atom is 0.263 e. The third-order valence-electron chi connectivity index (χ3n) is 6.44. The van der Waals surface area contributed by atoms with Crippen LogP contribution in [0, 0.1) is 25.7 Å². The number of benzene rings is 2. The molecule has 0 bridgehead atoms. The Hall–Kier alpha value is -3.66. The van der Waals surface area contributed by atoms with Crippen molar-refractivity contribution in [3.63, 3.8) is 0 Å². The zero-order valence-electron chi connectivity index (χ0n) is 22.9. The van der Waals surface area contributed by atoms with E-state index in [9.17, 15) is 18.0 Å². The Balaban J connectivity index is 1.93. The second-order valence-corrected chi connectivity index (χ2v) is 11.6. The van der Waals surface area contributed by atoms with Gasteiger partial charge in [0.15, 0.2) is 5.82 Å². The second kappa shape index (κ2) is 11.8. The Labute approximate surface area is 224 Å². The number of carbonyl (C=O) groups excluding carboxylic acids is 2. The van der Waals surface area contributed by atoms with E-state index in [2.05, 4.69) is 15.2 Å². The standard InChI is InChI=1S/C28H36N4O5S/c1-17(2)25(27(33)29-7)32(28(34)18(3)4)16-21-12-14-22(15-13-21)23-10-8-9-11-24(23)38(35,36)31-26-19(5)20(6)37-30-26/h8-15,17-18,25H,16H2,1-7H3,(H,29,33)(H,30,31)/t25-/m0/s1. The first-order chi connectivity index (χ1) is 17.9. The molecule has 3 aromatic rings. The van der Waals surface area contributed by atoms with Crippen LogP contribution in [0.2, 0.25) is 0 Å². The first-order valence-corrected chi connectivity index (χ1v) is 14.0. The van der Waals surface area contributed by atoms with Crippen molar-refractivity contribution < 1.29 is 22.5 Å². The van der Waals surface area contributed by atoms with E-state index in [0.29, 0.717) is 22.5 Å². The van der Waals surface area contributed by atoms with Crippen LogP contribution < -0.4 is 10.0 Å². The highest BCUT2D eigenvalue weighted by molar-refractivity contribution is 7.92. The van der Waals surface area contributed by atoms with Crippen molar-refractivity contribution in [2.45, 2.75) is 59.0 Å². The molecule has 1 atom stereocenters. The summed E-state index contributed by atoms with van der Waals surface area (Å²) in [6, 6.07) is 13.4. The molecule has 38 heavy (non-hydrogen) atoms. The molecular formula is C28H36N4O5S. The first kappa shape index (κ1) is 28.9.